The number of carbonyl (C=O) groups excluding carboxylic acids is 1. The molecule has 9 heteroatoms. The van der Waals surface area contributed by atoms with Gasteiger partial charge in [-0.3, -0.25) is 20.4 Å². The molecule has 0 bridgehead atoms. The lowest BCUT2D eigenvalue weighted by Gasteiger charge is -2.37. The van der Waals surface area contributed by atoms with Crippen LogP contribution in [0.3, 0.4) is 0 Å². The van der Waals surface area contributed by atoms with Gasteiger partial charge in [0.25, 0.3) is 11.5 Å². The molecule has 1 aromatic carbocycles. The van der Waals surface area contributed by atoms with Crippen molar-refractivity contribution >= 4 is 34.3 Å². The Labute approximate surface area is 221 Å². The number of para-hydroxylation sites is 1. The minimum absolute atomic E-state index is 0.248. The number of nitrogens with one attached hydrogen (secondary N) is 4. The van der Waals surface area contributed by atoms with Crippen molar-refractivity contribution in [3.63, 3.8) is 0 Å². The Morgan fingerprint density at radius 3 is 2.54 bits per heavy atom. The van der Waals surface area contributed by atoms with Crippen LogP contribution in [0, 0.1) is 19.8 Å². The second kappa shape index (κ2) is 10.9. The van der Waals surface area contributed by atoms with Crippen LogP contribution < -0.4 is 21.7 Å². The van der Waals surface area contributed by atoms with Gasteiger partial charge >= 0.3 is 0 Å². The summed E-state index contributed by atoms with van der Waals surface area (Å²) in [5.41, 5.74) is 9.22. The lowest BCUT2D eigenvalue weighted by Crippen LogP contribution is -2.51. The molecule has 1 aliphatic carbocycles. The minimum Gasteiger partial charge on any atom is -0.378 e. The molecule has 1 amide bonds. The molecular weight excluding hydrogens is 486 g/mol. The lowest BCUT2D eigenvalue weighted by molar-refractivity contribution is -0.0130. The molecule has 0 radical (unpaired) electrons. The summed E-state index contributed by atoms with van der Waals surface area (Å²) in [6, 6.07) is 11.4. The number of carbonyl (C=O) groups is 1. The molecule has 1 atom stereocenters. The van der Waals surface area contributed by atoms with Gasteiger partial charge in [0.1, 0.15) is 5.69 Å². The fourth-order valence-electron chi connectivity index (χ4n) is 5.97. The predicted octanol–water partition coefficient (Wildman–Crippen LogP) is 4.53. The highest BCUT2D eigenvalue weighted by Gasteiger charge is 2.31. The third-order valence-corrected chi connectivity index (χ3v) is 8.77. The second-order valence-electron chi connectivity index (χ2n) is 10.4. The van der Waals surface area contributed by atoms with Crippen LogP contribution in [0.4, 0.5) is 5.69 Å². The highest BCUT2D eigenvalue weighted by Crippen LogP contribution is 2.38. The minimum atomic E-state index is -0.257. The Morgan fingerprint density at radius 1 is 1.14 bits per heavy atom. The molecule has 1 saturated heterocycles. The zero-order valence-electron chi connectivity index (χ0n) is 22.0. The summed E-state index contributed by atoms with van der Waals surface area (Å²) in [5, 5.41) is 4.66. The Bertz CT molecular complexity index is 1340. The third kappa shape index (κ3) is 5.17. The number of fused-ring (bicyclic) bond motifs is 1. The quantitative estimate of drug-likeness (QED) is 0.256. The molecule has 8 nitrogen and oxygen atoms in total. The number of rotatable bonds is 8. The van der Waals surface area contributed by atoms with E-state index in [-0.39, 0.29) is 17.5 Å². The topological polar surface area (TPSA) is 100 Å². The van der Waals surface area contributed by atoms with E-state index in [1.54, 1.807) is 0 Å². The first-order valence-corrected chi connectivity index (χ1v) is 14.4. The van der Waals surface area contributed by atoms with E-state index < -0.39 is 0 Å². The normalized spacial score (nSPS) is 21.0. The summed E-state index contributed by atoms with van der Waals surface area (Å²) >= 11 is 1.46. The number of H-pyrrole nitrogens is 1. The maximum absolute atomic E-state index is 13.5. The molecule has 198 valence electrons. The van der Waals surface area contributed by atoms with E-state index in [1.165, 1.54) is 24.6 Å². The van der Waals surface area contributed by atoms with E-state index in [1.807, 2.05) is 44.4 Å². The summed E-state index contributed by atoms with van der Waals surface area (Å²) in [7, 11) is 0. The number of aryl methyl sites for hydroxylation is 1. The zero-order chi connectivity index (χ0) is 26.1. The van der Waals surface area contributed by atoms with Gasteiger partial charge < -0.3 is 19.6 Å². The standard InChI is InChI=1S/C28H37N5O3S/c1-16-13-24(37-4)26(28(35)29-16)31-32-27(34)25-18(3)33(23-8-6-5-7-22(23)25)17(2)19-9-11-20(12-10-19)30-21-14-36-15-21/h5-8,13,17,19-21,30-31H,9-12,14-15H2,1-4H3,(H,29,35)(H,32,34)/t17-,19?,20?/m1/s1. The van der Waals surface area contributed by atoms with Crippen LogP contribution in [0.15, 0.2) is 40.0 Å². The van der Waals surface area contributed by atoms with Gasteiger partial charge in [0, 0.05) is 39.3 Å². The van der Waals surface area contributed by atoms with Crippen LogP contribution in [0.5, 0.6) is 0 Å². The highest BCUT2D eigenvalue weighted by molar-refractivity contribution is 7.98. The van der Waals surface area contributed by atoms with Crippen LogP contribution in [0.25, 0.3) is 10.9 Å². The predicted molar refractivity (Wildman–Crippen MR) is 150 cm³/mol. The number of hydrogen-bond acceptors (Lipinski definition) is 6. The monoisotopic (exact) mass is 523 g/mol. The fraction of sp³-hybridized carbons (Fsp3) is 0.500. The average Bonchev–Trinajstić information content (AvgIpc) is 3.16. The fourth-order valence-corrected chi connectivity index (χ4v) is 6.61. The van der Waals surface area contributed by atoms with Crippen LogP contribution in [0.2, 0.25) is 0 Å². The first-order valence-electron chi connectivity index (χ1n) is 13.1. The van der Waals surface area contributed by atoms with Crippen molar-refractivity contribution in [2.45, 2.75) is 69.5 Å². The van der Waals surface area contributed by atoms with E-state index in [4.69, 9.17) is 4.74 Å². The zero-order valence-corrected chi connectivity index (χ0v) is 22.8. The van der Waals surface area contributed by atoms with Crippen molar-refractivity contribution in [2.24, 2.45) is 5.92 Å². The second-order valence-corrected chi connectivity index (χ2v) is 11.3. The average molecular weight is 524 g/mol. The SMILES string of the molecule is CSc1cc(C)[nH]c(=O)c1NNC(=O)c1c(C)n([C@H](C)C2CCC(NC3COC3)CC2)c2ccccc12. The molecular formula is C28H37N5O3S. The number of hydrogen-bond donors (Lipinski definition) is 4. The molecule has 2 aromatic heterocycles. The molecule has 3 heterocycles. The largest absolute Gasteiger partial charge is 0.378 e. The summed E-state index contributed by atoms with van der Waals surface area (Å²) in [6.45, 7) is 7.83. The molecule has 2 fully saturated rings. The van der Waals surface area contributed by atoms with Crippen LogP contribution in [-0.4, -0.2) is 47.0 Å². The number of hydrazine groups is 1. The van der Waals surface area contributed by atoms with Crippen molar-refractivity contribution in [1.82, 2.24) is 20.3 Å². The molecule has 2 aliphatic rings. The molecule has 37 heavy (non-hydrogen) atoms. The van der Waals surface area contributed by atoms with Crippen molar-refractivity contribution in [1.29, 1.82) is 0 Å². The van der Waals surface area contributed by atoms with Gasteiger partial charge in [-0.25, -0.2) is 0 Å². The number of amides is 1. The number of aromatic amines is 1. The van der Waals surface area contributed by atoms with E-state index in [0.29, 0.717) is 29.3 Å². The van der Waals surface area contributed by atoms with Gasteiger partial charge in [-0.1, -0.05) is 18.2 Å². The number of ether oxygens (including phenoxy) is 1. The third-order valence-electron chi connectivity index (χ3n) is 8.01. The van der Waals surface area contributed by atoms with Gasteiger partial charge in [-0.05, 0) is 70.8 Å². The molecule has 4 N–H and O–H groups in total. The van der Waals surface area contributed by atoms with E-state index in [9.17, 15) is 9.59 Å². The highest BCUT2D eigenvalue weighted by atomic mass is 32.2. The first kappa shape index (κ1) is 25.9. The van der Waals surface area contributed by atoms with Crippen LogP contribution >= 0.6 is 11.8 Å². The number of benzene rings is 1. The van der Waals surface area contributed by atoms with Gasteiger partial charge in [0.15, 0.2) is 0 Å². The van der Waals surface area contributed by atoms with E-state index in [2.05, 4.69) is 38.7 Å². The molecule has 0 spiro atoms. The van der Waals surface area contributed by atoms with E-state index >= 15 is 0 Å². The summed E-state index contributed by atoms with van der Waals surface area (Å²) < 4.78 is 7.65. The molecule has 3 aromatic rings. The number of anilines is 1. The smallest absolute Gasteiger partial charge is 0.274 e. The first-order chi connectivity index (χ1) is 17.9. The van der Waals surface area contributed by atoms with Crippen molar-refractivity contribution in [2.75, 3.05) is 24.9 Å². The van der Waals surface area contributed by atoms with Gasteiger partial charge in [-0.2, -0.15) is 0 Å². The van der Waals surface area contributed by atoms with Crippen molar-refractivity contribution in [3.05, 3.63) is 57.6 Å². The molecule has 5 rings (SSSR count). The number of aromatic nitrogens is 2. The van der Waals surface area contributed by atoms with Crippen LogP contribution in [0.1, 0.15) is 60.4 Å². The Balaban J connectivity index is 1.36. The number of nitrogens with zero attached hydrogens (tertiary/aromatic N) is 1. The van der Waals surface area contributed by atoms with Gasteiger partial charge in [-0.15, -0.1) is 11.8 Å². The lowest BCUT2D eigenvalue weighted by atomic mass is 9.81. The van der Waals surface area contributed by atoms with E-state index in [0.717, 1.165) is 53.2 Å². The van der Waals surface area contributed by atoms with Gasteiger partial charge in [0.2, 0.25) is 0 Å². The molecule has 1 aliphatic heterocycles. The van der Waals surface area contributed by atoms with Gasteiger partial charge in [0.05, 0.1) is 24.8 Å². The maximum atomic E-state index is 13.5. The Morgan fingerprint density at radius 2 is 1.86 bits per heavy atom. The molecule has 1 saturated carbocycles. The van der Waals surface area contributed by atoms with Crippen LogP contribution in [-0.2, 0) is 4.74 Å². The summed E-state index contributed by atoms with van der Waals surface area (Å²) in [4.78, 5) is 29.6. The summed E-state index contributed by atoms with van der Waals surface area (Å²) in [6.07, 6.45) is 6.57. The Hall–Kier alpha value is -2.75. The Kier molecular flexibility index (Phi) is 7.65. The summed E-state index contributed by atoms with van der Waals surface area (Å²) in [5.74, 6) is 0.303. The number of pyridine rings is 1. The van der Waals surface area contributed by atoms with Crippen molar-refractivity contribution in [3.8, 4) is 0 Å². The molecule has 0 unspecified atom stereocenters. The van der Waals surface area contributed by atoms with Crippen molar-refractivity contribution < 1.29 is 9.53 Å². The number of thioether (sulfide) groups is 1. The maximum Gasteiger partial charge on any atom is 0.274 e.